The van der Waals surface area contributed by atoms with Gasteiger partial charge in [0.25, 0.3) is 0 Å². The minimum absolute atomic E-state index is 0.377. The molecule has 3 N–H and O–H groups in total. The van der Waals surface area contributed by atoms with Gasteiger partial charge in [-0.3, -0.25) is 4.79 Å². The van der Waals surface area contributed by atoms with Gasteiger partial charge in [-0.15, -0.1) is 5.10 Å². The van der Waals surface area contributed by atoms with Crippen molar-refractivity contribution < 1.29 is 4.79 Å². The largest absolute Gasteiger partial charge is 0.368 e. The first-order chi connectivity index (χ1) is 9.72. The molecule has 0 saturated heterocycles. The van der Waals surface area contributed by atoms with Gasteiger partial charge in [0.2, 0.25) is 11.1 Å². The number of amides is 1. The summed E-state index contributed by atoms with van der Waals surface area (Å²) in [7, 11) is 0. The van der Waals surface area contributed by atoms with Gasteiger partial charge in [0, 0.05) is 5.75 Å². The maximum Gasteiger partial charge on any atom is 0.235 e. The summed E-state index contributed by atoms with van der Waals surface area (Å²) in [6, 6.07) is 9.18. The highest BCUT2D eigenvalue weighted by atomic mass is 32.2. The van der Waals surface area contributed by atoms with E-state index in [1.165, 1.54) is 11.8 Å². The molecule has 20 heavy (non-hydrogen) atoms. The lowest BCUT2D eigenvalue weighted by molar-refractivity contribution is -0.119. The quantitative estimate of drug-likeness (QED) is 0.708. The lowest BCUT2D eigenvalue weighted by atomic mass is 10.3. The van der Waals surface area contributed by atoms with Gasteiger partial charge in [0.05, 0.1) is 11.7 Å². The predicted molar refractivity (Wildman–Crippen MR) is 76.5 cm³/mol. The molecule has 2 rings (SSSR count). The van der Waals surface area contributed by atoms with E-state index < -0.39 is 6.04 Å². The van der Waals surface area contributed by atoms with Crippen molar-refractivity contribution in [2.75, 3.05) is 12.3 Å². The Kier molecular flexibility index (Phi) is 5.08. The lowest BCUT2D eigenvalue weighted by Crippen LogP contribution is -2.43. The van der Waals surface area contributed by atoms with Crippen molar-refractivity contribution in [1.82, 2.24) is 25.5 Å². The Hall–Kier alpha value is -1.93. The van der Waals surface area contributed by atoms with Crippen LogP contribution in [0.5, 0.6) is 0 Å². The Labute approximate surface area is 120 Å². The molecular formula is C12H16N6OS. The third-order valence-corrected chi connectivity index (χ3v) is 3.63. The van der Waals surface area contributed by atoms with Crippen molar-refractivity contribution >= 4 is 17.7 Å². The number of carbonyl (C=O) groups excluding carboxylic acids is 1. The monoisotopic (exact) mass is 292 g/mol. The van der Waals surface area contributed by atoms with Crippen LogP contribution in [0, 0.1) is 0 Å². The molecule has 0 spiro atoms. The van der Waals surface area contributed by atoms with Gasteiger partial charge in [-0.1, -0.05) is 36.9 Å². The van der Waals surface area contributed by atoms with Crippen LogP contribution in [0.15, 0.2) is 35.5 Å². The highest BCUT2D eigenvalue weighted by Gasteiger charge is 2.17. The predicted octanol–water partition coefficient (Wildman–Crippen LogP) is 0.218. The molecule has 0 aliphatic heterocycles. The number of nitrogens with one attached hydrogen (secondary N) is 1. The van der Waals surface area contributed by atoms with Crippen LogP contribution >= 0.6 is 11.8 Å². The summed E-state index contributed by atoms with van der Waals surface area (Å²) in [6.45, 7) is 2.60. The first-order valence-corrected chi connectivity index (χ1v) is 7.20. The number of hydrogen-bond acceptors (Lipinski definition) is 6. The number of benzene rings is 1. The van der Waals surface area contributed by atoms with Crippen LogP contribution in [0.2, 0.25) is 0 Å². The van der Waals surface area contributed by atoms with Crippen LogP contribution in [0.4, 0.5) is 0 Å². The Morgan fingerprint density at radius 1 is 1.45 bits per heavy atom. The van der Waals surface area contributed by atoms with Crippen LogP contribution in [0.25, 0.3) is 5.69 Å². The maximum atomic E-state index is 11.3. The Morgan fingerprint density at radius 2 is 2.20 bits per heavy atom. The minimum atomic E-state index is -0.397. The molecule has 7 nitrogen and oxygen atoms in total. The second kappa shape index (κ2) is 7.01. The molecule has 2 aromatic rings. The number of tetrazole rings is 1. The first kappa shape index (κ1) is 14.5. The number of hydrogen-bond donors (Lipinski definition) is 2. The van der Waals surface area contributed by atoms with Gasteiger partial charge < -0.3 is 11.1 Å². The number of nitrogens with zero attached hydrogens (tertiary/aromatic N) is 4. The van der Waals surface area contributed by atoms with Crippen molar-refractivity contribution in [2.45, 2.75) is 18.1 Å². The van der Waals surface area contributed by atoms with Gasteiger partial charge in [-0.05, 0) is 29.1 Å². The molecule has 1 amide bonds. The summed E-state index contributed by atoms with van der Waals surface area (Å²) in [5.74, 6) is 0.106. The summed E-state index contributed by atoms with van der Waals surface area (Å²) >= 11 is 1.39. The van der Waals surface area contributed by atoms with Gasteiger partial charge in [-0.2, -0.15) is 4.68 Å². The van der Waals surface area contributed by atoms with E-state index in [4.69, 9.17) is 5.73 Å². The fourth-order valence-corrected chi connectivity index (χ4v) is 2.60. The van der Waals surface area contributed by atoms with Gasteiger partial charge in [0.15, 0.2) is 0 Å². The van der Waals surface area contributed by atoms with Gasteiger partial charge in [-0.25, -0.2) is 0 Å². The molecule has 0 bridgehead atoms. The summed E-state index contributed by atoms with van der Waals surface area (Å²) in [4.78, 5) is 11.3. The highest BCUT2D eigenvalue weighted by molar-refractivity contribution is 7.99. The first-order valence-electron chi connectivity index (χ1n) is 6.21. The number of primary amides is 1. The molecule has 1 unspecified atom stereocenters. The third-order valence-electron chi connectivity index (χ3n) is 2.61. The molecule has 1 heterocycles. The van der Waals surface area contributed by atoms with Crippen molar-refractivity contribution in [3.8, 4) is 5.69 Å². The second-order valence-electron chi connectivity index (χ2n) is 4.03. The van der Waals surface area contributed by atoms with Crippen LogP contribution in [-0.2, 0) is 4.79 Å². The molecule has 0 aliphatic rings. The van der Waals surface area contributed by atoms with Crippen molar-refractivity contribution in [3.05, 3.63) is 30.3 Å². The smallest absolute Gasteiger partial charge is 0.235 e. The molecule has 1 atom stereocenters. The molecule has 0 saturated carbocycles. The van der Waals surface area contributed by atoms with Crippen molar-refractivity contribution in [1.29, 1.82) is 0 Å². The molecule has 106 valence electrons. The number of aromatic nitrogens is 4. The lowest BCUT2D eigenvalue weighted by Gasteiger charge is -2.13. The fraction of sp³-hybridized carbons (Fsp3) is 0.333. The van der Waals surface area contributed by atoms with E-state index in [1.54, 1.807) is 4.68 Å². The number of thioether (sulfide) groups is 1. The topological polar surface area (TPSA) is 98.7 Å². The number of likely N-dealkylation sites (N-methyl/N-ethyl adjacent to an activating group) is 1. The van der Waals surface area contributed by atoms with E-state index in [2.05, 4.69) is 20.8 Å². The highest BCUT2D eigenvalue weighted by Crippen LogP contribution is 2.18. The number of rotatable bonds is 7. The average molecular weight is 292 g/mol. The van der Waals surface area contributed by atoms with E-state index in [9.17, 15) is 4.79 Å². The zero-order chi connectivity index (χ0) is 14.4. The van der Waals surface area contributed by atoms with E-state index in [0.29, 0.717) is 17.5 Å². The van der Waals surface area contributed by atoms with Crippen LogP contribution in [-0.4, -0.2) is 44.5 Å². The van der Waals surface area contributed by atoms with Crippen LogP contribution in [0.3, 0.4) is 0 Å². The van der Waals surface area contributed by atoms with E-state index in [1.807, 2.05) is 37.3 Å². The Balaban J connectivity index is 2.08. The number of para-hydroxylation sites is 1. The summed E-state index contributed by atoms with van der Waals surface area (Å²) in [5, 5.41) is 15.3. The van der Waals surface area contributed by atoms with Crippen LogP contribution < -0.4 is 11.1 Å². The molecule has 0 aliphatic carbocycles. The maximum absolute atomic E-state index is 11.3. The van der Waals surface area contributed by atoms with E-state index >= 15 is 0 Å². The van der Waals surface area contributed by atoms with E-state index in [-0.39, 0.29) is 5.91 Å². The average Bonchev–Trinajstić information content (AvgIpc) is 2.92. The van der Waals surface area contributed by atoms with Gasteiger partial charge >= 0.3 is 0 Å². The van der Waals surface area contributed by atoms with Crippen molar-refractivity contribution in [2.24, 2.45) is 5.73 Å². The molecule has 0 radical (unpaired) electrons. The van der Waals surface area contributed by atoms with E-state index in [0.717, 1.165) is 5.69 Å². The third kappa shape index (κ3) is 3.55. The standard InChI is InChI=1S/C12H16N6OS/c1-2-14-10(11(13)19)8-20-12-15-16-17-18(12)9-6-4-3-5-7-9/h3-7,10,14H,2,8H2,1H3,(H2,13,19). The zero-order valence-corrected chi connectivity index (χ0v) is 11.9. The summed E-state index contributed by atoms with van der Waals surface area (Å²) < 4.78 is 1.63. The molecule has 1 aromatic carbocycles. The Morgan fingerprint density at radius 3 is 2.85 bits per heavy atom. The molecule has 0 fully saturated rings. The second-order valence-corrected chi connectivity index (χ2v) is 5.02. The minimum Gasteiger partial charge on any atom is -0.368 e. The van der Waals surface area contributed by atoms with Crippen molar-refractivity contribution in [3.63, 3.8) is 0 Å². The summed E-state index contributed by atoms with van der Waals surface area (Å²) in [6.07, 6.45) is 0. The zero-order valence-electron chi connectivity index (χ0n) is 11.1. The van der Waals surface area contributed by atoms with Gasteiger partial charge in [0.1, 0.15) is 0 Å². The summed E-state index contributed by atoms with van der Waals surface area (Å²) in [5.41, 5.74) is 6.21. The SMILES string of the molecule is CCNC(CSc1nnnn1-c1ccccc1)C(N)=O. The molecular weight excluding hydrogens is 276 g/mol. The van der Waals surface area contributed by atoms with Crippen LogP contribution in [0.1, 0.15) is 6.92 Å². The number of carbonyl (C=O) groups is 1. The molecule has 1 aromatic heterocycles. The Bertz CT molecular complexity index is 558. The normalized spacial score (nSPS) is 12.2. The molecule has 8 heteroatoms. The fourth-order valence-electron chi connectivity index (χ4n) is 1.65. The number of nitrogens with two attached hydrogens (primary N) is 1.